The first-order chi connectivity index (χ1) is 14.8. The molecule has 1 aliphatic carbocycles. The third-order valence-electron chi connectivity index (χ3n) is 5.66. The molecule has 1 aliphatic rings. The van der Waals surface area contributed by atoms with Crippen molar-refractivity contribution in [3.8, 4) is 6.07 Å². The molecule has 0 bridgehead atoms. The number of aromatic nitrogens is 3. The first-order valence-electron chi connectivity index (χ1n) is 9.98. The Kier molecular flexibility index (Phi) is 5.47. The van der Waals surface area contributed by atoms with Crippen LogP contribution in [0.15, 0.2) is 46.2 Å². The molecule has 2 heterocycles. The Balaban J connectivity index is 1.79. The number of nitrogens with two attached hydrogens (primary N) is 1. The second-order valence-corrected chi connectivity index (χ2v) is 9.49. The summed E-state index contributed by atoms with van der Waals surface area (Å²) in [4.78, 5) is 21.8. The van der Waals surface area contributed by atoms with Gasteiger partial charge in [-0.05, 0) is 55.9 Å². The molecule has 0 saturated heterocycles. The van der Waals surface area contributed by atoms with Gasteiger partial charge in [-0.3, -0.25) is 9.36 Å². The third-order valence-corrected chi connectivity index (χ3v) is 6.57. The maximum Gasteiger partial charge on any atom is 0.270 e. The molecule has 4 rings (SSSR count). The standard InChI is InChI=1S/C21H22N6O3S/c1-13-5-7-17(8-6-13)27-19-15(9-14(11-22)20(27)28)12-24-21(26-19)25-16-3-2-4-18(10-16)31(23,29)30/h2-4,9-10,12-13,17H,5-8H2,1H3,(H2,23,29,30)(H,24,25,26)/t13-,17-. The summed E-state index contributed by atoms with van der Waals surface area (Å²) in [6.07, 6.45) is 5.25. The van der Waals surface area contributed by atoms with E-state index in [9.17, 15) is 18.5 Å². The lowest BCUT2D eigenvalue weighted by molar-refractivity contribution is 0.289. The molecular formula is C21H22N6O3S. The number of nitrogens with zero attached hydrogens (tertiary/aromatic N) is 4. The Morgan fingerprint density at radius 1 is 1.23 bits per heavy atom. The van der Waals surface area contributed by atoms with Crippen molar-refractivity contribution in [2.45, 2.75) is 43.5 Å². The van der Waals surface area contributed by atoms with Crippen LogP contribution in [0.25, 0.3) is 11.0 Å². The molecule has 0 unspecified atom stereocenters. The molecule has 3 N–H and O–H groups in total. The average Bonchev–Trinajstić information content (AvgIpc) is 2.74. The maximum absolute atomic E-state index is 13.0. The number of primary sulfonamides is 1. The molecule has 1 fully saturated rings. The predicted octanol–water partition coefficient (Wildman–Crippen LogP) is 2.81. The highest BCUT2D eigenvalue weighted by molar-refractivity contribution is 7.89. The van der Waals surface area contributed by atoms with Crippen LogP contribution in [0.4, 0.5) is 11.6 Å². The van der Waals surface area contributed by atoms with Crippen LogP contribution in [0, 0.1) is 17.2 Å². The van der Waals surface area contributed by atoms with Gasteiger partial charge in [0.2, 0.25) is 16.0 Å². The number of anilines is 2. The van der Waals surface area contributed by atoms with E-state index < -0.39 is 10.0 Å². The number of nitriles is 1. The minimum Gasteiger partial charge on any atom is -0.324 e. The summed E-state index contributed by atoms with van der Waals surface area (Å²) in [5, 5.41) is 18.2. The summed E-state index contributed by atoms with van der Waals surface area (Å²) in [5.41, 5.74) is 0.607. The van der Waals surface area contributed by atoms with Crippen molar-refractivity contribution < 1.29 is 8.42 Å². The fourth-order valence-corrected chi connectivity index (χ4v) is 4.54. The van der Waals surface area contributed by atoms with Crippen molar-refractivity contribution >= 4 is 32.7 Å². The van der Waals surface area contributed by atoms with Crippen LogP contribution in [0.3, 0.4) is 0 Å². The minimum atomic E-state index is -3.85. The first kappa shape index (κ1) is 21.0. The van der Waals surface area contributed by atoms with E-state index in [1.807, 2.05) is 6.07 Å². The number of fused-ring (bicyclic) bond motifs is 1. The SMILES string of the molecule is C[C@H]1CC[C@H](n2c(=O)c(C#N)cc3cnc(Nc4cccc(S(N)(=O)=O)c4)nc32)CC1. The van der Waals surface area contributed by atoms with Crippen LogP contribution in [0.5, 0.6) is 0 Å². The molecule has 0 radical (unpaired) electrons. The van der Waals surface area contributed by atoms with Gasteiger partial charge in [0.1, 0.15) is 17.3 Å². The first-order valence-corrected chi connectivity index (χ1v) is 11.5. The number of sulfonamides is 1. The Hall–Kier alpha value is -3.29. The van der Waals surface area contributed by atoms with E-state index in [1.54, 1.807) is 22.9 Å². The molecular weight excluding hydrogens is 416 g/mol. The predicted molar refractivity (Wildman–Crippen MR) is 116 cm³/mol. The van der Waals surface area contributed by atoms with Crippen molar-refractivity contribution in [1.29, 1.82) is 5.26 Å². The van der Waals surface area contributed by atoms with E-state index in [0.717, 1.165) is 25.7 Å². The van der Waals surface area contributed by atoms with Crippen LogP contribution < -0.4 is 16.0 Å². The molecule has 160 valence electrons. The molecule has 2 aromatic heterocycles. The zero-order valence-electron chi connectivity index (χ0n) is 16.9. The number of hydrogen-bond acceptors (Lipinski definition) is 7. The molecule has 31 heavy (non-hydrogen) atoms. The summed E-state index contributed by atoms with van der Waals surface area (Å²) in [7, 11) is -3.85. The van der Waals surface area contributed by atoms with E-state index in [-0.39, 0.29) is 28.0 Å². The zero-order chi connectivity index (χ0) is 22.2. The van der Waals surface area contributed by atoms with Gasteiger partial charge in [0.25, 0.3) is 5.56 Å². The van der Waals surface area contributed by atoms with Gasteiger partial charge in [0, 0.05) is 23.3 Å². The normalized spacial score (nSPS) is 19.1. The second-order valence-electron chi connectivity index (χ2n) is 7.93. The summed E-state index contributed by atoms with van der Waals surface area (Å²) in [6.45, 7) is 2.20. The van der Waals surface area contributed by atoms with E-state index in [0.29, 0.717) is 22.6 Å². The highest BCUT2D eigenvalue weighted by Crippen LogP contribution is 2.32. The molecule has 1 saturated carbocycles. The van der Waals surface area contributed by atoms with Crippen molar-refractivity contribution in [3.63, 3.8) is 0 Å². The van der Waals surface area contributed by atoms with Crippen molar-refractivity contribution in [2.24, 2.45) is 11.1 Å². The largest absolute Gasteiger partial charge is 0.324 e. The molecule has 0 atom stereocenters. The number of nitrogens with one attached hydrogen (secondary N) is 1. The number of pyridine rings is 1. The van der Waals surface area contributed by atoms with Crippen molar-refractivity contribution in [2.75, 3.05) is 5.32 Å². The van der Waals surface area contributed by atoms with Gasteiger partial charge >= 0.3 is 0 Å². The van der Waals surface area contributed by atoms with Crippen LogP contribution in [-0.2, 0) is 10.0 Å². The van der Waals surface area contributed by atoms with Gasteiger partial charge in [-0.2, -0.15) is 10.2 Å². The number of rotatable bonds is 4. The van der Waals surface area contributed by atoms with Gasteiger partial charge in [-0.1, -0.05) is 13.0 Å². The summed E-state index contributed by atoms with van der Waals surface area (Å²) in [6, 6.07) is 9.45. The van der Waals surface area contributed by atoms with Crippen molar-refractivity contribution in [1.82, 2.24) is 14.5 Å². The molecule has 0 amide bonds. The quantitative estimate of drug-likeness (QED) is 0.637. The molecule has 1 aromatic carbocycles. The van der Waals surface area contributed by atoms with Crippen LogP contribution in [-0.4, -0.2) is 23.0 Å². The van der Waals surface area contributed by atoms with Crippen LogP contribution >= 0.6 is 0 Å². The van der Waals surface area contributed by atoms with Gasteiger partial charge in [0.15, 0.2) is 0 Å². The number of hydrogen-bond donors (Lipinski definition) is 2. The van der Waals surface area contributed by atoms with E-state index in [4.69, 9.17) is 5.14 Å². The monoisotopic (exact) mass is 438 g/mol. The maximum atomic E-state index is 13.0. The Morgan fingerprint density at radius 2 is 1.97 bits per heavy atom. The van der Waals surface area contributed by atoms with Crippen molar-refractivity contribution in [3.05, 3.63) is 52.4 Å². The second kappa shape index (κ2) is 8.09. The topological polar surface area (TPSA) is 144 Å². The van der Waals surface area contributed by atoms with E-state index >= 15 is 0 Å². The fourth-order valence-electron chi connectivity index (χ4n) is 3.98. The smallest absolute Gasteiger partial charge is 0.270 e. The summed E-state index contributed by atoms with van der Waals surface area (Å²) in [5.74, 6) is 0.816. The average molecular weight is 439 g/mol. The van der Waals surface area contributed by atoms with E-state index in [1.165, 1.54) is 18.2 Å². The third kappa shape index (κ3) is 4.28. The molecule has 0 spiro atoms. The highest BCUT2D eigenvalue weighted by atomic mass is 32.2. The van der Waals surface area contributed by atoms with Gasteiger partial charge in [0.05, 0.1) is 4.90 Å². The van der Waals surface area contributed by atoms with Gasteiger partial charge < -0.3 is 5.32 Å². The number of benzene rings is 1. The van der Waals surface area contributed by atoms with Gasteiger partial charge in [-0.15, -0.1) is 0 Å². The lowest BCUT2D eigenvalue weighted by Crippen LogP contribution is -2.30. The van der Waals surface area contributed by atoms with Crippen LogP contribution in [0.2, 0.25) is 0 Å². The Labute approximate surface area is 179 Å². The Bertz CT molecular complexity index is 1350. The lowest BCUT2D eigenvalue weighted by atomic mass is 9.87. The zero-order valence-corrected chi connectivity index (χ0v) is 17.8. The Morgan fingerprint density at radius 3 is 2.65 bits per heavy atom. The summed E-state index contributed by atoms with van der Waals surface area (Å²) >= 11 is 0. The molecule has 3 aromatic rings. The van der Waals surface area contributed by atoms with Gasteiger partial charge in [-0.25, -0.2) is 18.5 Å². The molecule has 9 nitrogen and oxygen atoms in total. The highest BCUT2D eigenvalue weighted by Gasteiger charge is 2.24. The van der Waals surface area contributed by atoms with Crippen LogP contribution in [0.1, 0.15) is 44.2 Å². The minimum absolute atomic E-state index is 0.0343. The fraction of sp³-hybridized carbons (Fsp3) is 0.333. The summed E-state index contributed by atoms with van der Waals surface area (Å²) < 4.78 is 24.8. The van der Waals surface area contributed by atoms with E-state index in [2.05, 4.69) is 22.2 Å². The lowest BCUT2D eigenvalue weighted by Gasteiger charge is -2.28. The molecule has 10 heteroatoms. The molecule has 0 aliphatic heterocycles.